The van der Waals surface area contributed by atoms with Gasteiger partial charge in [0.25, 0.3) is 0 Å². The van der Waals surface area contributed by atoms with Gasteiger partial charge in [-0.3, -0.25) is 0 Å². The van der Waals surface area contributed by atoms with Crippen molar-refractivity contribution < 1.29 is 14.3 Å². The number of nitrogens with zero attached hydrogens (tertiary/aromatic N) is 1. The van der Waals surface area contributed by atoms with Gasteiger partial charge in [0.1, 0.15) is 17.1 Å². The first-order valence-electron chi connectivity index (χ1n) is 8.29. The number of nitrogens with one attached hydrogen (secondary N) is 1. The lowest BCUT2D eigenvalue weighted by molar-refractivity contribution is 0.0733. The van der Waals surface area contributed by atoms with Gasteiger partial charge in [0.05, 0.1) is 7.11 Å². The zero-order valence-electron chi connectivity index (χ0n) is 15.0. The van der Waals surface area contributed by atoms with Gasteiger partial charge in [-0.15, -0.1) is 0 Å². The summed E-state index contributed by atoms with van der Waals surface area (Å²) >= 11 is 6.02. The molecule has 6 heteroatoms. The van der Waals surface area contributed by atoms with Gasteiger partial charge in [0.15, 0.2) is 0 Å². The number of halogens is 1. The molecule has 0 amide bonds. The van der Waals surface area contributed by atoms with Crippen LogP contribution in [-0.4, -0.2) is 43.6 Å². The maximum absolute atomic E-state index is 12.7. The minimum atomic E-state index is -0.503. The Kier molecular flexibility index (Phi) is 5.49. The number of fused-ring (bicyclic) bond motifs is 1. The van der Waals surface area contributed by atoms with E-state index in [2.05, 4.69) is 9.88 Å². The number of methoxy groups -OCH3 is 1. The molecule has 0 radical (unpaired) electrons. The topological polar surface area (TPSA) is 54.6 Å². The Labute approximate surface area is 157 Å². The Balaban J connectivity index is 1.95. The fourth-order valence-corrected chi connectivity index (χ4v) is 3.01. The summed E-state index contributed by atoms with van der Waals surface area (Å²) in [5.41, 5.74) is 2.33. The lowest BCUT2D eigenvalue weighted by atomic mass is 10.1. The summed E-state index contributed by atoms with van der Waals surface area (Å²) in [6.07, 6.45) is 2.81. The molecule has 1 N–H and O–H groups in total. The average Bonchev–Trinajstić information content (AvgIpc) is 3.04. The van der Waals surface area contributed by atoms with E-state index in [1.165, 1.54) is 7.11 Å². The van der Waals surface area contributed by atoms with Crippen molar-refractivity contribution in [3.05, 3.63) is 58.7 Å². The van der Waals surface area contributed by atoms with Crippen LogP contribution in [0.4, 0.5) is 0 Å². The molecule has 0 bridgehead atoms. The molecule has 0 atom stereocenters. The second-order valence-electron chi connectivity index (χ2n) is 6.28. The fourth-order valence-electron chi connectivity index (χ4n) is 2.84. The number of hydrogen-bond donors (Lipinski definition) is 1. The van der Waals surface area contributed by atoms with Crippen LogP contribution >= 0.6 is 11.6 Å². The van der Waals surface area contributed by atoms with E-state index in [-0.39, 0.29) is 0 Å². The number of hydrogen-bond acceptors (Lipinski definition) is 4. The van der Waals surface area contributed by atoms with Crippen molar-refractivity contribution in [3.8, 4) is 11.5 Å². The zero-order chi connectivity index (χ0) is 18.7. The number of aromatic nitrogens is 1. The van der Waals surface area contributed by atoms with Crippen LogP contribution in [0.2, 0.25) is 5.02 Å². The standard InChI is InChI=1S/C20H21ClN2O3/c1-23(2)10-9-13-12-22-16-5-4-6-18(19(13)16)26-20(24)15-11-14(21)7-8-17(15)25-3/h4-8,11-12,22H,9-10H2,1-3H3. The lowest BCUT2D eigenvalue weighted by Gasteiger charge is -2.12. The Morgan fingerprint density at radius 1 is 1.19 bits per heavy atom. The van der Waals surface area contributed by atoms with E-state index in [0.717, 1.165) is 29.4 Å². The summed E-state index contributed by atoms with van der Waals surface area (Å²) in [6.45, 7) is 0.900. The predicted molar refractivity (Wildman–Crippen MR) is 104 cm³/mol. The summed E-state index contributed by atoms with van der Waals surface area (Å²) in [5, 5.41) is 1.37. The molecule has 0 saturated heterocycles. The number of carbonyl (C=O) groups is 1. The highest BCUT2D eigenvalue weighted by Gasteiger charge is 2.18. The van der Waals surface area contributed by atoms with E-state index in [1.807, 2.05) is 32.4 Å². The van der Waals surface area contributed by atoms with Gasteiger partial charge >= 0.3 is 5.97 Å². The van der Waals surface area contributed by atoms with Gasteiger partial charge in [-0.1, -0.05) is 17.7 Å². The number of benzene rings is 2. The molecule has 0 aliphatic heterocycles. The second-order valence-corrected chi connectivity index (χ2v) is 6.72. The second kappa shape index (κ2) is 7.81. The summed E-state index contributed by atoms with van der Waals surface area (Å²) in [4.78, 5) is 18.1. The third-order valence-corrected chi connectivity index (χ3v) is 4.40. The van der Waals surface area contributed by atoms with Crippen molar-refractivity contribution in [1.82, 2.24) is 9.88 Å². The predicted octanol–water partition coefficient (Wildman–Crippen LogP) is 4.15. The molecule has 2 aromatic carbocycles. The first kappa shape index (κ1) is 18.3. The van der Waals surface area contributed by atoms with E-state index < -0.39 is 5.97 Å². The van der Waals surface area contributed by atoms with Crippen molar-refractivity contribution in [3.63, 3.8) is 0 Å². The zero-order valence-corrected chi connectivity index (χ0v) is 15.8. The largest absolute Gasteiger partial charge is 0.496 e. The Morgan fingerprint density at radius 2 is 2.00 bits per heavy atom. The van der Waals surface area contributed by atoms with Crippen molar-refractivity contribution >= 4 is 28.5 Å². The molecular weight excluding hydrogens is 352 g/mol. The monoisotopic (exact) mass is 372 g/mol. The SMILES string of the molecule is COc1ccc(Cl)cc1C(=O)Oc1cccc2[nH]cc(CCN(C)C)c12. The van der Waals surface area contributed by atoms with Crippen LogP contribution in [-0.2, 0) is 6.42 Å². The average molecular weight is 373 g/mol. The first-order chi connectivity index (χ1) is 12.5. The van der Waals surface area contributed by atoms with Gasteiger partial charge in [-0.2, -0.15) is 0 Å². The maximum Gasteiger partial charge on any atom is 0.347 e. The lowest BCUT2D eigenvalue weighted by Crippen LogP contribution is -2.15. The number of esters is 1. The molecule has 5 nitrogen and oxygen atoms in total. The smallest absolute Gasteiger partial charge is 0.347 e. The molecule has 3 aromatic rings. The number of rotatable bonds is 6. The van der Waals surface area contributed by atoms with Crippen molar-refractivity contribution in [2.45, 2.75) is 6.42 Å². The summed E-state index contributed by atoms with van der Waals surface area (Å²) in [6, 6.07) is 10.5. The Morgan fingerprint density at radius 3 is 2.73 bits per heavy atom. The van der Waals surface area contributed by atoms with Crippen LogP contribution in [0.15, 0.2) is 42.6 Å². The number of aromatic amines is 1. The van der Waals surface area contributed by atoms with Crippen molar-refractivity contribution in [2.75, 3.05) is 27.7 Å². The summed E-state index contributed by atoms with van der Waals surface area (Å²) in [7, 11) is 5.56. The normalized spacial score (nSPS) is 11.1. The third-order valence-electron chi connectivity index (χ3n) is 4.16. The van der Waals surface area contributed by atoms with E-state index >= 15 is 0 Å². The van der Waals surface area contributed by atoms with Crippen LogP contribution in [0.25, 0.3) is 10.9 Å². The highest BCUT2D eigenvalue weighted by Crippen LogP contribution is 2.31. The van der Waals surface area contributed by atoms with E-state index in [9.17, 15) is 4.79 Å². The van der Waals surface area contributed by atoms with E-state index in [4.69, 9.17) is 21.1 Å². The molecule has 0 saturated carbocycles. The summed E-state index contributed by atoms with van der Waals surface area (Å²) < 4.78 is 11.0. The molecule has 3 rings (SSSR count). The van der Waals surface area contributed by atoms with Crippen LogP contribution in [0, 0.1) is 0 Å². The highest BCUT2D eigenvalue weighted by molar-refractivity contribution is 6.31. The molecule has 0 aliphatic carbocycles. The van der Waals surface area contributed by atoms with E-state index in [1.54, 1.807) is 24.3 Å². The minimum absolute atomic E-state index is 0.294. The molecule has 0 fully saturated rings. The fraction of sp³-hybridized carbons (Fsp3) is 0.250. The molecule has 0 unspecified atom stereocenters. The minimum Gasteiger partial charge on any atom is -0.496 e. The van der Waals surface area contributed by atoms with Crippen LogP contribution in [0.1, 0.15) is 15.9 Å². The van der Waals surface area contributed by atoms with E-state index in [0.29, 0.717) is 22.1 Å². The third kappa shape index (κ3) is 3.84. The number of H-pyrrole nitrogens is 1. The van der Waals surface area contributed by atoms with Crippen molar-refractivity contribution in [2.24, 2.45) is 0 Å². The van der Waals surface area contributed by atoms with Gasteiger partial charge < -0.3 is 19.4 Å². The number of carbonyl (C=O) groups excluding carboxylic acids is 1. The maximum atomic E-state index is 12.7. The molecule has 1 aromatic heterocycles. The first-order valence-corrected chi connectivity index (χ1v) is 8.67. The molecular formula is C20H21ClN2O3. The molecule has 1 heterocycles. The van der Waals surface area contributed by atoms with Gasteiger partial charge in [0, 0.05) is 28.7 Å². The highest BCUT2D eigenvalue weighted by atomic mass is 35.5. The Bertz CT molecular complexity index is 934. The van der Waals surface area contributed by atoms with Crippen LogP contribution in [0.3, 0.4) is 0 Å². The van der Waals surface area contributed by atoms with Crippen LogP contribution < -0.4 is 9.47 Å². The molecule has 0 aliphatic rings. The Hall–Kier alpha value is -2.50. The number of likely N-dealkylation sites (N-methyl/N-ethyl adjacent to an activating group) is 1. The quantitative estimate of drug-likeness (QED) is 0.521. The molecule has 136 valence electrons. The van der Waals surface area contributed by atoms with Gasteiger partial charge in [-0.25, -0.2) is 4.79 Å². The molecule has 26 heavy (non-hydrogen) atoms. The molecule has 0 spiro atoms. The van der Waals surface area contributed by atoms with Crippen LogP contribution in [0.5, 0.6) is 11.5 Å². The van der Waals surface area contributed by atoms with Crippen molar-refractivity contribution in [1.29, 1.82) is 0 Å². The summed E-state index contributed by atoms with van der Waals surface area (Å²) in [5.74, 6) is 0.439. The number of ether oxygens (including phenoxy) is 2. The van der Waals surface area contributed by atoms with Gasteiger partial charge in [-0.05, 0) is 56.4 Å². The van der Waals surface area contributed by atoms with Gasteiger partial charge in [0.2, 0.25) is 0 Å².